The number of hydrogen-bond acceptors (Lipinski definition) is 4. The molecule has 0 amide bonds. The maximum Gasteiger partial charge on any atom is 0.162 e. The molecule has 0 unspecified atom stereocenters. The number of ketones is 1. The molecule has 0 atom stereocenters. The quantitative estimate of drug-likeness (QED) is 0.0940. The number of nitrogens with zero attached hydrogens (tertiary/aromatic N) is 1. The Morgan fingerprint density at radius 1 is 0.818 bits per heavy atom. The van der Waals surface area contributed by atoms with Gasteiger partial charge in [0, 0.05) is 70.1 Å². The minimum Gasteiger partial charge on any atom is -0.512 e. The van der Waals surface area contributed by atoms with Crippen LogP contribution in [0.3, 0.4) is 0 Å². The van der Waals surface area contributed by atoms with Gasteiger partial charge in [0.25, 0.3) is 0 Å². The van der Waals surface area contributed by atoms with E-state index < -0.39 is 0 Å². The second-order valence-corrected chi connectivity index (χ2v) is 18.9. The first-order valence-corrected chi connectivity index (χ1v) is 21.1. The SMILES string of the molecule is CC(C)(C)c1cc(-c2nccc3c2ccc2sc4ccc5c(c4c23)C(C)(C)CCC5(C)C)[c-]c2ccccc12.CCC(CC)C(=O)/C=C(\O)C(CC)CC.[Ir]. The number of aliphatic hydroxyl groups is 1. The van der Waals surface area contributed by atoms with Gasteiger partial charge in [0.05, 0.1) is 5.76 Å². The zero-order valence-electron chi connectivity index (χ0n) is 34.9. The third kappa shape index (κ3) is 8.23. The molecule has 293 valence electrons. The van der Waals surface area contributed by atoms with E-state index in [4.69, 9.17) is 4.98 Å². The van der Waals surface area contributed by atoms with Crippen molar-refractivity contribution in [1.29, 1.82) is 0 Å². The summed E-state index contributed by atoms with van der Waals surface area (Å²) < 4.78 is 2.76. The molecule has 3 nitrogen and oxygen atoms in total. The van der Waals surface area contributed by atoms with Crippen molar-refractivity contribution in [3.63, 3.8) is 0 Å². The standard InChI is InChI=1S/C37H36NS.C13H24O2.Ir/c1-35(2,3)28-21-23(20-22-10-8-9-11-24(22)28)34-26-12-14-29-31(25(26)16-19-38-34)32-30(39-29)15-13-27-33(32)37(6,7)18-17-36(27,4)5;1-5-10(6-2)12(14)9-13(15)11(7-3)8-4;/h8-16,19,21H,17-18H2,1-7H3;9-11,14H,5-8H2,1-4H3;/q-1;;/b;12-9-;. The summed E-state index contributed by atoms with van der Waals surface area (Å²) in [7, 11) is 0. The van der Waals surface area contributed by atoms with E-state index in [1.54, 1.807) is 5.56 Å². The fourth-order valence-corrected chi connectivity index (χ4v) is 9.87. The normalized spacial score (nSPS) is 15.3. The molecule has 6 aromatic rings. The molecule has 0 saturated carbocycles. The minimum absolute atomic E-state index is 0. The van der Waals surface area contributed by atoms with E-state index in [1.165, 1.54) is 66.4 Å². The molecule has 0 bridgehead atoms. The zero-order chi connectivity index (χ0) is 39.2. The summed E-state index contributed by atoms with van der Waals surface area (Å²) >= 11 is 1.93. The smallest absolute Gasteiger partial charge is 0.162 e. The molecule has 0 spiro atoms. The van der Waals surface area contributed by atoms with Crippen LogP contribution in [0, 0.1) is 17.9 Å². The number of allylic oxidation sites excluding steroid dienone is 2. The van der Waals surface area contributed by atoms with E-state index in [0.717, 1.165) is 42.3 Å². The maximum absolute atomic E-state index is 11.7. The fourth-order valence-electron chi connectivity index (χ4n) is 8.74. The van der Waals surface area contributed by atoms with E-state index in [0.29, 0.717) is 0 Å². The Bertz CT molecular complexity index is 2370. The summed E-state index contributed by atoms with van der Waals surface area (Å²) in [4.78, 5) is 16.7. The number of fused-ring (bicyclic) bond motifs is 8. The van der Waals surface area contributed by atoms with Crippen LogP contribution in [0.2, 0.25) is 0 Å². The maximum atomic E-state index is 11.7. The largest absolute Gasteiger partial charge is 0.512 e. The van der Waals surface area contributed by atoms with E-state index in [9.17, 15) is 9.90 Å². The number of carbonyl (C=O) groups excluding carboxylic acids is 1. The van der Waals surface area contributed by atoms with Crippen LogP contribution in [0.15, 0.2) is 78.7 Å². The molecule has 7 rings (SSSR count). The number of benzene rings is 4. The minimum atomic E-state index is 0. The van der Waals surface area contributed by atoms with Gasteiger partial charge in [-0.15, -0.1) is 40.5 Å². The third-order valence-corrected chi connectivity index (χ3v) is 13.4. The molecule has 4 aromatic carbocycles. The number of pyridine rings is 1. The number of aliphatic hydroxyl groups excluding tert-OH is 1. The van der Waals surface area contributed by atoms with Crippen molar-refractivity contribution in [1.82, 2.24) is 4.98 Å². The first kappa shape index (κ1) is 42.8. The predicted molar refractivity (Wildman–Crippen MR) is 234 cm³/mol. The Kier molecular flexibility index (Phi) is 12.9. The van der Waals surface area contributed by atoms with Crippen LogP contribution >= 0.6 is 11.3 Å². The molecule has 0 aliphatic heterocycles. The van der Waals surface area contributed by atoms with Crippen LogP contribution in [0.5, 0.6) is 0 Å². The van der Waals surface area contributed by atoms with Gasteiger partial charge in [-0.05, 0) is 94.9 Å². The van der Waals surface area contributed by atoms with Crippen molar-refractivity contribution < 1.29 is 30.0 Å². The van der Waals surface area contributed by atoms with Gasteiger partial charge in [-0.3, -0.25) is 9.78 Å². The van der Waals surface area contributed by atoms with E-state index in [1.807, 2.05) is 45.2 Å². The summed E-state index contributed by atoms with van der Waals surface area (Å²) in [5.74, 6) is 0.547. The molecule has 0 saturated heterocycles. The van der Waals surface area contributed by atoms with Crippen molar-refractivity contribution in [2.75, 3.05) is 0 Å². The van der Waals surface area contributed by atoms with Crippen LogP contribution in [-0.2, 0) is 41.1 Å². The van der Waals surface area contributed by atoms with Crippen molar-refractivity contribution >= 4 is 58.8 Å². The Labute approximate surface area is 347 Å². The molecule has 2 heterocycles. The van der Waals surface area contributed by atoms with Crippen molar-refractivity contribution in [3.8, 4) is 11.3 Å². The fraction of sp³-hybridized carbons (Fsp3) is 0.440. The molecule has 1 aliphatic carbocycles. The molecule has 5 heteroatoms. The van der Waals surface area contributed by atoms with Crippen LogP contribution in [0.25, 0.3) is 53.0 Å². The Balaban J connectivity index is 0.000000311. The average molecular weight is 931 g/mol. The number of carbonyl (C=O) groups is 1. The first-order chi connectivity index (χ1) is 25.6. The predicted octanol–water partition coefficient (Wildman–Crippen LogP) is 14.7. The summed E-state index contributed by atoms with van der Waals surface area (Å²) in [6.07, 6.45) is 9.35. The van der Waals surface area contributed by atoms with Gasteiger partial charge in [-0.25, -0.2) is 0 Å². The van der Waals surface area contributed by atoms with Crippen molar-refractivity contribution in [3.05, 3.63) is 101 Å². The topological polar surface area (TPSA) is 50.2 Å². The molecular formula is C50H60IrNO2S-. The third-order valence-electron chi connectivity index (χ3n) is 12.2. The van der Waals surface area contributed by atoms with Gasteiger partial charge in [0.15, 0.2) is 5.78 Å². The first-order valence-electron chi connectivity index (χ1n) is 20.2. The monoisotopic (exact) mass is 931 g/mol. The zero-order valence-corrected chi connectivity index (χ0v) is 38.1. The number of rotatable bonds is 8. The molecule has 2 aromatic heterocycles. The molecule has 1 aliphatic rings. The molecule has 55 heavy (non-hydrogen) atoms. The Morgan fingerprint density at radius 2 is 1.44 bits per heavy atom. The van der Waals surface area contributed by atoms with Gasteiger partial charge < -0.3 is 5.11 Å². The molecule has 0 fully saturated rings. The summed E-state index contributed by atoms with van der Waals surface area (Å²) in [6.45, 7) is 24.7. The van der Waals surface area contributed by atoms with Gasteiger partial charge in [0.2, 0.25) is 0 Å². The van der Waals surface area contributed by atoms with E-state index >= 15 is 0 Å². The second-order valence-electron chi connectivity index (χ2n) is 17.8. The van der Waals surface area contributed by atoms with Gasteiger partial charge >= 0.3 is 0 Å². The van der Waals surface area contributed by atoms with Crippen molar-refractivity contribution in [2.45, 2.75) is 131 Å². The number of hydrogen-bond donors (Lipinski definition) is 1. The summed E-state index contributed by atoms with van der Waals surface area (Å²) in [6, 6.07) is 26.4. The average Bonchev–Trinajstić information content (AvgIpc) is 3.53. The van der Waals surface area contributed by atoms with Crippen LogP contribution in [0.1, 0.15) is 131 Å². The van der Waals surface area contributed by atoms with Gasteiger partial charge in [0.1, 0.15) is 0 Å². The second kappa shape index (κ2) is 16.6. The molecule has 1 radical (unpaired) electrons. The van der Waals surface area contributed by atoms with Gasteiger partial charge in [-0.1, -0.05) is 117 Å². The molecule has 1 N–H and O–H groups in total. The number of aromatic nitrogens is 1. The Morgan fingerprint density at radius 3 is 2.09 bits per heavy atom. The summed E-state index contributed by atoms with van der Waals surface area (Å²) in [5, 5.41) is 17.6. The van der Waals surface area contributed by atoms with Crippen molar-refractivity contribution in [2.24, 2.45) is 11.8 Å². The van der Waals surface area contributed by atoms with Gasteiger partial charge in [-0.2, -0.15) is 0 Å². The van der Waals surface area contributed by atoms with Crippen LogP contribution < -0.4 is 0 Å². The number of thiophene rings is 1. The van der Waals surface area contributed by atoms with Crippen LogP contribution in [0.4, 0.5) is 0 Å². The summed E-state index contributed by atoms with van der Waals surface area (Å²) in [5.41, 5.74) is 6.86. The van der Waals surface area contributed by atoms with E-state index in [2.05, 4.69) is 115 Å². The molecular weight excluding hydrogens is 871 g/mol. The van der Waals surface area contributed by atoms with Crippen LogP contribution in [-0.4, -0.2) is 15.9 Å². The van der Waals surface area contributed by atoms with E-state index in [-0.39, 0.29) is 59.7 Å². The Hall–Kier alpha value is -3.37.